The Morgan fingerprint density at radius 3 is 2.52 bits per heavy atom. The van der Waals surface area contributed by atoms with Crippen LogP contribution in [0.2, 0.25) is 5.02 Å². The van der Waals surface area contributed by atoms with E-state index >= 15 is 0 Å². The molecule has 140 valence electrons. The van der Waals surface area contributed by atoms with Crippen LogP contribution in [0.15, 0.2) is 48.5 Å². The van der Waals surface area contributed by atoms with Crippen molar-refractivity contribution < 1.29 is 4.79 Å². The molecule has 5 heteroatoms. The first kappa shape index (κ1) is 18.1. The lowest BCUT2D eigenvalue weighted by Gasteiger charge is -2.35. The van der Waals surface area contributed by atoms with Gasteiger partial charge in [-0.2, -0.15) is 5.10 Å². The second-order valence-corrected chi connectivity index (χ2v) is 8.21. The molecule has 0 saturated carbocycles. The van der Waals surface area contributed by atoms with Gasteiger partial charge in [0.2, 0.25) is 5.91 Å². The summed E-state index contributed by atoms with van der Waals surface area (Å²) in [6, 6.07) is 15.8. The van der Waals surface area contributed by atoms with Gasteiger partial charge in [0.05, 0.1) is 5.52 Å². The number of nitrogens with zero attached hydrogens (tertiary/aromatic N) is 3. The fraction of sp³-hybridized carbons (Fsp3) is 0.364. The molecule has 0 unspecified atom stereocenters. The standard InChI is InChI=1S/C22H24ClN3O/c1-15-10-16(2)13-25(12-15)21(27)14-26-20-9-8-18(23)11-19(20)22(24-26)17-6-4-3-5-7-17/h3-9,11,15-16H,10,12-14H2,1-2H3/t15-,16+. The van der Waals surface area contributed by atoms with E-state index in [0.717, 1.165) is 35.2 Å². The van der Waals surface area contributed by atoms with Gasteiger partial charge in [0.25, 0.3) is 0 Å². The lowest BCUT2D eigenvalue weighted by atomic mass is 9.92. The minimum absolute atomic E-state index is 0.132. The number of aromatic nitrogens is 2. The molecule has 1 aromatic heterocycles. The van der Waals surface area contributed by atoms with Gasteiger partial charge in [-0.3, -0.25) is 9.48 Å². The van der Waals surface area contributed by atoms with Gasteiger partial charge < -0.3 is 4.90 Å². The van der Waals surface area contributed by atoms with Crippen LogP contribution in [0.5, 0.6) is 0 Å². The number of halogens is 1. The summed E-state index contributed by atoms with van der Waals surface area (Å²) < 4.78 is 1.82. The van der Waals surface area contributed by atoms with E-state index in [1.54, 1.807) is 0 Å². The molecule has 0 N–H and O–H groups in total. The highest BCUT2D eigenvalue weighted by Gasteiger charge is 2.26. The Balaban J connectivity index is 1.69. The molecule has 0 bridgehead atoms. The van der Waals surface area contributed by atoms with Crippen molar-refractivity contribution in [2.45, 2.75) is 26.8 Å². The van der Waals surface area contributed by atoms with Crippen LogP contribution >= 0.6 is 11.6 Å². The van der Waals surface area contributed by atoms with Crippen LogP contribution in [0.25, 0.3) is 22.2 Å². The molecule has 1 fully saturated rings. The summed E-state index contributed by atoms with van der Waals surface area (Å²) in [4.78, 5) is 14.9. The maximum atomic E-state index is 13.0. The molecule has 0 aliphatic carbocycles. The molecule has 3 aromatic rings. The van der Waals surface area contributed by atoms with Crippen LogP contribution in [-0.4, -0.2) is 33.7 Å². The topological polar surface area (TPSA) is 38.1 Å². The maximum Gasteiger partial charge on any atom is 0.244 e. The Morgan fingerprint density at radius 1 is 1.11 bits per heavy atom. The smallest absolute Gasteiger partial charge is 0.244 e. The third kappa shape index (κ3) is 3.72. The summed E-state index contributed by atoms with van der Waals surface area (Å²) in [7, 11) is 0. The lowest BCUT2D eigenvalue weighted by molar-refractivity contribution is -0.134. The number of carbonyl (C=O) groups is 1. The van der Waals surface area contributed by atoms with Crippen LogP contribution in [-0.2, 0) is 11.3 Å². The quantitative estimate of drug-likeness (QED) is 0.649. The Hall–Kier alpha value is -2.33. The van der Waals surface area contributed by atoms with Crippen molar-refractivity contribution in [1.29, 1.82) is 0 Å². The Labute approximate surface area is 164 Å². The molecule has 2 aromatic carbocycles. The summed E-state index contributed by atoms with van der Waals surface area (Å²) in [6.07, 6.45) is 1.19. The molecule has 0 spiro atoms. The average Bonchev–Trinajstić information content (AvgIpc) is 2.99. The van der Waals surface area contributed by atoms with Gasteiger partial charge in [-0.1, -0.05) is 55.8 Å². The number of hydrogen-bond donors (Lipinski definition) is 0. The normalized spacial score (nSPS) is 20.2. The van der Waals surface area contributed by atoms with Gasteiger partial charge in [0.1, 0.15) is 12.2 Å². The molecule has 1 amide bonds. The Bertz CT molecular complexity index is 956. The van der Waals surface area contributed by atoms with E-state index in [1.807, 2.05) is 58.1 Å². The summed E-state index contributed by atoms with van der Waals surface area (Å²) in [5, 5.41) is 6.43. The number of rotatable bonds is 3. The van der Waals surface area contributed by atoms with E-state index in [2.05, 4.69) is 13.8 Å². The predicted molar refractivity (Wildman–Crippen MR) is 110 cm³/mol. The summed E-state index contributed by atoms with van der Waals surface area (Å²) >= 11 is 6.23. The number of carbonyl (C=O) groups excluding carboxylic acids is 1. The Morgan fingerprint density at radius 2 is 1.81 bits per heavy atom. The molecule has 1 aliphatic rings. The minimum atomic E-state index is 0.132. The van der Waals surface area contributed by atoms with E-state index in [-0.39, 0.29) is 12.5 Å². The van der Waals surface area contributed by atoms with E-state index in [1.165, 1.54) is 6.42 Å². The summed E-state index contributed by atoms with van der Waals surface area (Å²) in [6.45, 7) is 6.35. The van der Waals surface area contributed by atoms with Gasteiger partial charge in [-0.05, 0) is 36.5 Å². The average molecular weight is 382 g/mol. The van der Waals surface area contributed by atoms with Crippen LogP contribution in [0, 0.1) is 11.8 Å². The number of benzene rings is 2. The first-order valence-electron chi connectivity index (χ1n) is 9.50. The van der Waals surface area contributed by atoms with Gasteiger partial charge in [0.15, 0.2) is 0 Å². The van der Waals surface area contributed by atoms with E-state index < -0.39 is 0 Å². The number of piperidine rings is 1. The summed E-state index contributed by atoms with van der Waals surface area (Å²) in [5.74, 6) is 1.23. The lowest BCUT2D eigenvalue weighted by Crippen LogP contribution is -2.44. The second-order valence-electron chi connectivity index (χ2n) is 7.78. The fourth-order valence-corrected chi connectivity index (χ4v) is 4.35. The Kier molecular flexibility index (Phi) is 4.92. The minimum Gasteiger partial charge on any atom is -0.341 e. The first-order chi connectivity index (χ1) is 13.0. The number of hydrogen-bond acceptors (Lipinski definition) is 2. The van der Waals surface area contributed by atoms with E-state index in [9.17, 15) is 4.79 Å². The molecule has 1 aliphatic heterocycles. The monoisotopic (exact) mass is 381 g/mol. The number of amides is 1. The molecular weight excluding hydrogens is 358 g/mol. The first-order valence-corrected chi connectivity index (χ1v) is 9.88. The van der Waals surface area contributed by atoms with Crippen molar-refractivity contribution >= 4 is 28.4 Å². The third-order valence-electron chi connectivity index (χ3n) is 5.27. The van der Waals surface area contributed by atoms with Crippen molar-refractivity contribution in [2.75, 3.05) is 13.1 Å². The highest BCUT2D eigenvalue weighted by Crippen LogP contribution is 2.30. The third-order valence-corrected chi connectivity index (χ3v) is 5.50. The summed E-state index contributed by atoms with van der Waals surface area (Å²) in [5.41, 5.74) is 2.82. The second kappa shape index (κ2) is 7.35. The van der Waals surface area contributed by atoms with Crippen molar-refractivity contribution in [2.24, 2.45) is 11.8 Å². The van der Waals surface area contributed by atoms with Crippen LogP contribution in [0.1, 0.15) is 20.3 Å². The fourth-order valence-electron chi connectivity index (χ4n) is 4.18. The van der Waals surface area contributed by atoms with Crippen molar-refractivity contribution in [3.8, 4) is 11.3 Å². The van der Waals surface area contributed by atoms with Crippen molar-refractivity contribution in [3.05, 3.63) is 53.6 Å². The van der Waals surface area contributed by atoms with E-state index in [4.69, 9.17) is 16.7 Å². The predicted octanol–water partition coefficient (Wildman–Crippen LogP) is 4.86. The number of likely N-dealkylation sites (tertiary alicyclic amines) is 1. The molecule has 4 nitrogen and oxygen atoms in total. The van der Waals surface area contributed by atoms with E-state index in [0.29, 0.717) is 16.9 Å². The largest absolute Gasteiger partial charge is 0.341 e. The zero-order chi connectivity index (χ0) is 19.0. The van der Waals surface area contributed by atoms with Gasteiger partial charge in [-0.25, -0.2) is 0 Å². The molecule has 2 heterocycles. The number of fused-ring (bicyclic) bond motifs is 1. The van der Waals surface area contributed by atoms with Gasteiger partial charge >= 0.3 is 0 Å². The SMILES string of the molecule is C[C@@H]1C[C@H](C)CN(C(=O)Cn2nc(-c3ccccc3)c3cc(Cl)ccc32)C1. The zero-order valence-corrected chi connectivity index (χ0v) is 16.5. The maximum absolute atomic E-state index is 13.0. The molecule has 4 rings (SSSR count). The molecule has 2 atom stereocenters. The van der Waals surface area contributed by atoms with Crippen LogP contribution in [0.3, 0.4) is 0 Å². The molecular formula is C22H24ClN3O. The highest BCUT2D eigenvalue weighted by molar-refractivity contribution is 6.31. The molecule has 27 heavy (non-hydrogen) atoms. The molecule has 0 radical (unpaired) electrons. The van der Waals surface area contributed by atoms with Crippen molar-refractivity contribution in [3.63, 3.8) is 0 Å². The highest BCUT2D eigenvalue weighted by atomic mass is 35.5. The molecule has 1 saturated heterocycles. The van der Waals surface area contributed by atoms with Gasteiger partial charge in [-0.15, -0.1) is 0 Å². The van der Waals surface area contributed by atoms with Crippen molar-refractivity contribution in [1.82, 2.24) is 14.7 Å². The van der Waals surface area contributed by atoms with Crippen LogP contribution in [0.4, 0.5) is 0 Å². The van der Waals surface area contributed by atoms with Crippen LogP contribution < -0.4 is 0 Å². The van der Waals surface area contributed by atoms with Gasteiger partial charge in [0, 0.05) is 29.1 Å². The zero-order valence-electron chi connectivity index (χ0n) is 15.7.